The van der Waals surface area contributed by atoms with Crippen LogP contribution in [0.2, 0.25) is 0 Å². The van der Waals surface area contributed by atoms with Gasteiger partial charge in [0.1, 0.15) is 5.54 Å². The molecule has 2 fully saturated rings. The first-order valence-electron chi connectivity index (χ1n) is 7.54. The van der Waals surface area contributed by atoms with Crippen molar-refractivity contribution in [3.05, 3.63) is 30.3 Å². The Labute approximate surface area is 124 Å². The Balaban J connectivity index is 1.67. The van der Waals surface area contributed by atoms with Gasteiger partial charge in [-0.2, -0.15) is 0 Å². The molecule has 1 saturated carbocycles. The summed E-state index contributed by atoms with van der Waals surface area (Å²) in [6.07, 6.45) is 3.49. The minimum absolute atomic E-state index is 0.0807. The molecule has 0 bridgehead atoms. The Bertz CT molecular complexity index is 536. The molecule has 21 heavy (non-hydrogen) atoms. The lowest BCUT2D eigenvalue weighted by Crippen LogP contribution is -2.49. The van der Waals surface area contributed by atoms with Gasteiger partial charge in [0, 0.05) is 5.69 Å². The number of nitrogens with one attached hydrogen (secondary N) is 2. The van der Waals surface area contributed by atoms with Crippen LogP contribution < -0.4 is 10.6 Å². The van der Waals surface area contributed by atoms with E-state index in [0.717, 1.165) is 31.4 Å². The molecule has 1 saturated heterocycles. The minimum Gasteiger partial charge on any atom is -0.367 e. The number of hydrogen-bond acceptors (Lipinski definition) is 3. The van der Waals surface area contributed by atoms with Crippen LogP contribution in [0.3, 0.4) is 0 Å². The summed E-state index contributed by atoms with van der Waals surface area (Å²) in [5.74, 6) is 0.555. The highest BCUT2D eigenvalue weighted by Crippen LogP contribution is 2.36. The van der Waals surface area contributed by atoms with Gasteiger partial charge < -0.3 is 10.6 Å². The number of imide groups is 1. The molecular weight excluding hydrogens is 266 g/mol. The van der Waals surface area contributed by atoms with Crippen LogP contribution in [0.15, 0.2) is 30.3 Å². The van der Waals surface area contributed by atoms with Crippen LogP contribution in [0.25, 0.3) is 0 Å². The average molecular weight is 287 g/mol. The molecule has 1 aromatic carbocycles. The summed E-state index contributed by atoms with van der Waals surface area (Å²) in [6, 6.07) is 9.30. The Morgan fingerprint density at radius 2 is 1.90 bits per heavy atom. The Hall–Kier alpha value is -2.04. The summed E-state index contributed by atoms with van der Waals surface area (Å²) in [7, 11) is 0. The summed E-state index contributed by atoms with van der Waals surface area (Å²) < 4.78 is 0. The molecule has 5 nitrogen and oxygen atoms in total. The van der Waals surface area contributed by atoms with Gasteiger partial charge in [0.25, 0.3) is 5.91 Å². The fraction of sp³-hybridized carbons (Fsp3) is 0.500. The second-order valence-corrected chi connectivity index (χ2v) is 6.13. The summed E-state index contributed by atoms with van der Waals surface area (Å²) in [5, 5.41) is 6.05. The third-order valence-electron chi connectivity index (χ3n) is 4.59. The fourth-order valence-corrected chi connectivity index (χ4v) is 3.14. The Kier molecular flexibility index (Phi) is 3.57. The van der Waals surface area contributed by atoms with Gasteiger partial charge in [0.2, 0.25) is 0 Å². The Morgan fingerprint density at radius 1 is 1.24 bits per heavy atom. The topological polar surface area (TPSA) is 61.4 Å². The number of benzene rings is 1. The highest BCUT2D eigenvalue weighted by molar-refractivity contribution is 6.07. The van der Waals surface area contributed by atoms with Crippen molar-refractivity contribution in [2.24, 2.45) is 5.92 Å². The van der Waals surface area contributed by atoms with E-state index >= 15 is 0 Å². The van der Waals surface area contributed by atoms with Crippen molar-refractivity contribution < 1.29 is 9.59 Å². The normalized spacial score (nSPS) is 28.8. The van der Waals surface area contributed by atoms with Crippen molar-refractivity contribution in [1.29, 1.82) is 0 Å². The second-order valence-electron chi connectivity index (χ2n) is 6.13. The van der Waals surface area contributed by atoms with E-state index in [1.54, 1.807) is 0 Å². The molecule has 1 aliphatic heterocycles. The fourth-order valence-electron chi connectivity index (χ4n) is 3.14. The first-order chi connectivity index (χ1) is 10.1. The van der Waals surface area contributed by atoms with Crippen molar-refractivity contribution in [1.82, 2.24) is 10.2 Å². The van der Waals surface area contributed by atoms with Crippen LogP contribution in [-0.2, 0) is 4.79 Å². The minimum atomic E-state index is -0.651. The average Bonchev–Trinajstić information content (AvgIpc) is 2.73. The number of urea groups is 1. The summed E-state index contributed by atoms with van der Waals surface area (Å²) in [6.45, 7) is 2.41. The van der Waals surface area contributed by atoms with E-state index in [4.69, 9.17) is 0 Å². The monoisotopic (exact) mass is 287 g/mol. The maximum atomic E-state index is 12.6. The smallest absolute Gasteiger partial charge is 0.326 e. The third-order valence-corrected chi connectivity index (χ3v) is 4.59. The zero-order valence-electron chi connectivity index (χ0n) is 12.3. The number of anilines is 1. The zero-order chi connectivity index (χ0) is 14.9. The van der Waals surface area contributed by atoms with E-state index in [-0.39, 0.29) is 18.6 Å². The molecule has 1 heterocycles. The number of hydrogen-bond donors (Lipinski definition) is 2. The first-order valence-corrected chi connectivity index (χ1v) is 7.54. The predicted molar refractivity (Wildman–Crippen MR) is 80.7 cm³/mol. The van der Waals surface area contributed by atoms with E-state index in [9.17, 15) is 9.59 Å². The molecule has 3 rings (SSSR count). The van der Waals surface area contributed by atoms with Gasteiger partial charge in [-0.1, -0.05) is 25.1 Å². The molecule has 1 aromatic rings. The van der Waals surface area contributed by atoms with Crippen LogP contribution >= 0.6 is 0 Å². The van der Waals surface area contributed by atoms with E-state index in [1.807, 2.05) is 30.3 Å². The van der Waals surface area contributed by atoms with Crippen LogP contribution in [-0.4, -0.2) is 29.0 Å². The van der Waals surface area contributed by atoms with E-state index in [1.165, 1.54) is 4.90 Å². The first kappa shape index (κ1) is 13.9. The maximum absolute atomic E-state index is 12.6. The van der Waals surface area contributed by atoms with Crippen LogP contribution in [0.4, 0.5) is 10.5 Å². The lowest BCUT2D eigenvalue weighted by Gasteiger charge is -2.33. The molecular formula is C16H21N3O2. The summed E-state index contributed by atoms with van der Waals surface area (Å²) in [4.78, 5) is 26.0. The number of nitrogens with zero attached hydrogens (tertiary/aromatic N) is 1. The molecule has 0 unspecified atom stereocenters. The molecule has 0 radical (unpaired) electrons. The van der Waals surface area contributed by atoms with Crippen LogP contribution in [0.1, 0.15) is 32.6 Å². The highest BCUT2D eigenvalue weighted by Gasteiger charge is 2.51. The van der Waals surface area contributed by atoms with Crippen molar-refractivity contribution in [2.75, 3.05) is 12.0 Å². The number of carbonyl (C=O) groups excluding carboxylic acids is 2. The second kappa shape index (κ2) is 5.39. The van der Waals surface area contributed by atoms with Gasteiger partial charge in [-0.25, -0.2) is 9.69 Å². The number of rotatable bonds is 3. The van der Waals surface area contributed by atoms with Gasteiger partial charge in [0.05, 0.1) is 6.67 Å². The largest absolute Gasteiger partial charge is 0.367 e. The molecule has 2 aliphatic rings. The van der Waals surface area contributed by atoms with Gasteiger partial charge >= 0.3 is 6.03 Å². The van der Waals surface area contributed by atoms with Crippen LogP contribution in [0.5, 0.6) is 0 Å². The molecule has 5 heteroatoms. The Morgan fingerprint density at radius 3 is 2.57 bits per heavy atom. The molecule has 0 aromatic heterocycles. The highest BCUT2D eigenvalue weighted by atomic mass is 16.2. The van der Waals surface area contributed by atoms with Crippen molar-refractivity contribution >= 4 is 17.6 Å². The van der Waals surface area contributed by atoms with Crippen molar-refractivity contribution in [3.8, 4) is 0 Å². The standard InChI is InChI=1S/C16H21N3O2/c1-12-7-9-16(10-8-12)14(20)19(15(21)18-16)11-17-13-5-3-2-4-6-13/h2-6,12,17H,7-11H2,1H3,(H,18,21). The van der Waals surface area contributed by atoms with Crippen molar-refractivity contribution in [2.45, 2.75) is 38.1 Å². The number of amides is 3. The summed E-state index contributed by atoms with van der Waals surface area (Å²) in [5.41, 5.74) is 0.249. The van der Waals surface area contributed by atoms with Gasteiger partial charge in [-0.15, -0.1) is 0 Å². The zero-order valence-corrected chi connectivity index (χ0v) is 12.3. The van der Waals surface area contributed by atoms with Gasteiger partial charge in [-0.05, 0) is 43.7 Å². The SMILES string of the molecule is CC1CCC2(CC1)NC(=O)N(CNc1ccccc1)C2=O. The lowest BCUT2D eigenvalue weighted by molar-refractivity contribution is -0.132. The van der Waals surface area contributed by atoms with E-state index < -0.39 is 5.54 Å². The molecule has 3 amide bonds. The van der Waals surface area contributed by atoms with E-state index in [0.29, 0.717) is 5.92 Å². The molecule has 1 aliphatic carbocycles. The molecule has 112 valence electrons. The number of carbonyl (C=O) groups is 2. The molecule has 1 spiro atoms. The van der Waals surface area contributed by atoms with Crippen molar-refractivity contribution in [3.63, 3.8) is 0 Å². The van der Waals surface area contributed by atoms with Crippen LogP contribution in [0, 0.1) is 5.92 Å². The third kappa shape index (κ3) is 2.60. The quantitative estimate of drug-likeness (QED) is 0.840. The summed E-state index contributed by atoms with van der Waals surface area (Å²) >= 11 is 0. The lowest BCUT2D eigenvalue weighted by atomic mass is 9.77. The molecule has 2 N–H and O–H groups in total. The molecule has 0 atom stereocenters. The van der Waals surface area contributed by atoms with E-state index in [2.05, 4.69) is 17.6 Å². The van der Waals surface area contributed by atoms with Gasteiger partial charge in [-0.3, -0.25) is 4.79 Å². The number of para-hydroxylation sites is 1. The van der Waals surface area contributed by atoms with Gasteiger partial charge in [0.15, 0.2) is 0 Å². The maximum Gasteiger partial charge on any atom is 0.326 e. The predicted octanol–water partition coefficient (Wildman–Crippen LogP) is 2.56.